The fraction of sp³-hybridized carbons (Fsp3) is 0.154. The number of ether oxygens (including phenoxy) is 1. The van der Waals surface area contributed by atoms with Crippen molar-refractivity contribution in [1.29, 1.82) is 5.26 Å². The molecule has 0 aliphatic heterocycles. The molecule has 20 heavy (non-hydrogen) atoms. The molecule has 2 heterocycles. The molecule has 0 unspecified atom stereocenters. The summed E-state index contributed by atoms with van der Waals surface area (Å²) in [5.41, 5.74) is 1.23. The fourth-order valence-corrected chi connectivity index (χ4v) is 1.46. The summed E-state index contributed by atoms with van der Waals surface area (Å²) in [4.78, 5) is 23.9. The molecule has 0 bridgehead atoms. The first-order chi connectivity index (χ1) is 9.62. The number of methoxy groups -OCH3 is 1. The Morgan fingerprint density at radius 1 is 1.40 bits per heavy atom. The van der Waals surface area contributed by atoms with E-state index in [1.54, 1.807) is 13.0 Å². The van der Waals surface area contributed by atoms with Gasteiger partial charge in [0.05, 0.1) is 12.7 Å². The molecule has 0 atom stereocenters. The topological polar surface area (TPSA) is 101 Å². The van der Waals surface area contributed by atoms with Gasteiger partial charge in [0.25, 0.3) is 5.91 Å². The lowest BCUT2D eigenvalue weighted by molar-refractivity contribution is 0.102. The number of nitrogens with one attached hydrogen (secondary N) is 1. The van der Waals surface area contributed by atoms with Gasteiger partial charge in [-0.1, -0.05) is 0 Å². The quantitative estimate of drug-likeness (QED) is 0.901. The van der Waals surface area contributed by atoms with E-state index in [-0.39, 0.29) is 11.6 Å². The van der Waals surface area contributed by atoms with Crippen LogP contribution in [0.25, 0.3) is 0 Å². The van der Waals surface area contributed by atoms with Crippen molar-refractivity contribution in [3.8, 4) is 11.9 Å². The number of anilines is 1. The maximum Gasteiger partial charge on any atom is 0.276 e. The van der Waals surface area contributed by atoms with Crippen LogP contribution in [0, 0.1) is 18.3 Å². The molecule has 0 radical (unpaired) electrons. The van der Waals surface area contributed by atoms with E-state index in [1.807, 2.05) is 6.07 Å². The molecular weight excluding hydrogens is 258 g/mol. The average molecular weight is 269 g/mol. The third-order valence-corrected chi connectivity index (χ3v) is 2.39. The monoisotopic (exact) mass is 269 g/mol. The van der Waals surface area contributed by atoms with Gasteiger partial charge in [0.2, 0.25) is 11.8 Å². The van der Waals surface area contributed by atoms with Gasteiger partial charge >= 0.3 is 0 Å². The largest absolute Gasteiger partial charge is 0.481 e. The number of pyridine rings is 1. The number of carbonyl (C=O) groups excluding carboxylic acids is 1. The molecule has 2 rings (SSSR count). The number of nitriles is 1. The summed E-state index contributed by atoms with van der Waals surface area (Å²) in [5.74, 6) is 0.0424. The van der Waals surface area contributed by atoms with E-state index < -0.39 is 5.91 Å². The highest BCUT2D eigenvalue weighted by Gasteiger charge is 2.10. The van der Waals surface area contributed by atoms with Crippen LogP contribution in [-0.2, 0) is 0 Å². The third kappa shape index (κ3) is 3.05. The van der Waals surface area contributed by atoms with E-state index in [0.29, 0.717) is 17.1 Å². The molecule has 100 valence electrons. The first-order valence-corrected chi connectivity index (χ1v) is 5.69. The second-order valence-electron chi connectivity index (χ2n) is 3.87. The van der Waals surface area contributed by atoms with Crippen molar-refractivity contribution in [3.63, 3.8) is 0 Å². The minimum atomic E-state index is -0.456. The zero-order valence-electron chi connectivity index (χ0n) is 10.9. The molecule has 0 aromatic carbocycles. The van der Waals surface area contributed by atoms with Gasteiger partial charge in [-0.2, -0.15) is 10.2 Å². The Balaban J connectivity index is 2.18. The number of nitrogens with zero attached hydrogens (tertiary/aromatic N) is 4. The van der Waals surface area contributed by atoms with E-state index in [4.69, 9.17) is 10.00 Å². The fourth-order valence-electron chi connectivity index (χ4n) is 1.46. The predicted octanol–water partition coefficient (Wildman–Crippen LogP) is 1.31. The van der Waals surface area contributed by atoms with E-state index >= 15 is 0 Å². The summed E-state index contributed by atoms with van der Waals surface area (Å²) in [6.07, 6.45) is 1.33. The van der Waals surface area contributed by atoms with Crippen LogP contribution < -0.4 is 10.1 Å². The van der Waals surface area contributed by atoms with Gasteiger partial charge in [0, 0.05) is 18.0 Å². The van der Waals surface area contributed by atoms with Gasteiger partial charge in [-0.3, -0.25) is 10.1 Å². The predicted molar refractivity (Wildman–Crippen MR) is 70.2 cm³/mol. The van der Waals surface area contributed by atoms with Crippen LogP contribution in [0.1, 0.15) is 21.7 Å². The van der Waals surface area contributed by atoms with Crippen molar-refractivity contribution in [2.75, 3.05) is 12.4 Å². The lowest BCUT2D eigenvalue weighted by Crippen LogP contribution is -2.16. The van der Waals surface area contributed by atoms with Crippen LogP contribution in [0.15, 0.2) is 24.4 Å². The van der Waals surface area contributed by atoms with Gasteiger partial charge in [-0.25, -0.2) is 9.97 Å². The molecule has 0 aliphatic carbocycles. The normalized spacial score (nSPS) is 9.65. The Morgan fingerprint density at radius 2 is 2.20 bits per heavy atom. The number of aryl methyl sites for hydroxylation is 1. The molecule has 1 amide bonds. The second kappa shape index (κ2) is 5.75. The highest BCUT2D eigenvalue weighted by atomic mass is 16.5. The summed E-state index contributed by atoms with van der Waals surface area (Å²) in [6, 6.07) is 6.55. The van der Waals surface area contributed by atoms with Crippen LogP contribution in [-0.4, -0.2) is 28.0 Å². The zero-order chi connectivity index (χ0) is 14.5. The molecule has 0 fully saturated rings. The van der Waals surface area contributed by atoms with Gasteiger partial charge in [0.1, 0.15) is 11.8 Å². The smallest absolute Gasteiger partial charge is 0.276 e. The van der Waals surface area contributed by atoms with Crippen molar-refractivity contribution < 1.29 is 9.53 Å². The van der Waals surface area contributed by atoms with Gasteiger partial charge in [0.15, 0.2) is 0 Å². The molecule has 2 aromatic heterocycles. The Hall–Kier alpha value is -3.01. The number of hydrogen-bond acceptors (Lipinski definition) is 6. The molecule has 0 saturated carbocycles. The van der Waals surface area contributed by atoms with Crippen molar-refractivity contribution >= 4 is 11.9 Å². The molecule has 7 nitrogen and oxygen atoms in total. The standard InChI is InChI=1S/C13H11N5O2/c1-8-5-11(20-2)17-13(16-8)18-12(19)10-4-3-9(6-14)7-15-10/h3-5,7H,1-2H3,(H,16,17,18,19). The Bertz CT molecular complexity index is 676. The summed E-state index contributed by atoms with van der Waals surface area (Å²) in [7, 11) is 1.48. The number of aromatic nitrogens is 3. The van der Waals surface area contributed by atoms with Crippen molar-refractivity contribution in [1.82, 2.24) is 15.0 Å². The zero-order valence-corrected chi connectivity index (χ0v) is 10.9. The summed E-state index contributed by atoms with van der Waals surface area (Å²) < 4.78 is 5.00. The summed E-state index contributed by atoms with van der Waals surface area (Å²) in [5, 5.41) is 11.2. The highest BCUT2D eigenvalue weighted by molar-refractivity contribution is 6.01. The van der Waals surface area contributed by atoms with Gasteiger partial charge < -0.3 is 4.74 Å². The van der Waals surface area contributed by atoms with E-state index in [0.717, 1.165) is 0 Å². The Kier molecular flexibility index (Phi) is 3.86. The first kappa shape index (κ1) is 13.4. The number of amides is 1. The van der Waals surface area contributed by atoms with E-state index in [1.165, 1.54) is 25.4 Å². The van der Waals surface area contributed by atoms with Crippen LogP contribution in [0.4, 0.5) is 5.95 Å². The van der Waals surface area contributed by atoms with E-state index in [9.17, 15) is 4.79 Å². The number of rotatable bonds is 3. The first-order valence-electron chi connectivity index (χ1n) is 5.69. The maximum atomic E-state index is 11.9. The minimum Gasteiger partial charge on any atom is -0.481 e. The van der Waals surface area contributed by atoms with Crippen LogP contribution in [0.5, 0.6) is 5.88 Å². The lowest BCUT2D eigenvalue weighted by Gasteiger charge is -2.06. The molecule has 1 N–H and O–H groups in total. The Morgan fingerprint density at radius 3 is 2.80 bits per heavy atom. The van der Waals surface area contributed by atoms with Crippen molar-refractivity contribution in [2.24, 2.45) is 0 Å². The summed E-state index contributed by atoms with van der Waals surface area (Å²) >= 11 is 0. The number of carbonyl (C=O) groups is 1. The van der Waals surface area contributed by atoms with Crippen LogP contribution in [0.2, 0.25) is 0 Å². The second-order valence-corrected chi connectivity index (χ2v) is 3.87. The average Bonchev–Trinajstić information content (AvgIpc) is 2.46. The van der Waals surface area contributed by atoms with Gasteiger partial charge in [-0.15, -0.1) is 0 Å². The minimum absolute atomic E-state index is 0.137. The highest BCUT2D eigenvalue weighted by Crippen LogP contribution is 2.12. The van der Waals surface area contributed by atoms with Crippen LogP contribution in [0.3, 0.4) is 0 Å². The van der Waals surface area contributed by atoms with Crippen LogP contribution >= 0.6 is 0 Å². The lowest BCUT2D eigenvalue weighted by atomic mass is 10.2. The summed E-state index contributed by atoms with van der Waals surface area (Å²) in [6.45, 7) is 1.76. The molecule has 0 aliphatic rings. The molecular formula is C13H11N5O2. The molecule has 7 heteroatoms. The number of hydrogen-bond donors (Lipinski definition) is 1. The molecule has 2 aromatic rings. The van der Waals surface area contributed by atoms with Gasteiger partial charge in [-0.05, 0) is 19.1 Å². The van der Waals surface area contributed by atoms with E-state index in [2.05, 4.69) is 20.3 Å². The maximum absolute atomic E-state index is 11.9. The molecule has 0 saturated heterocycles. The van der Waals surface area contributed by atoms with Crippen molar-refractivity contribution in [3.05, 3.63) is 41.3 Å². The Labute approximate surface area is 115 Å². The van der Waals surface area contributed by atoms with Crippen molar-refractivity contribution in [2.45, 2.75) is 6.92 Å². The third-order valence-electron chi connectivity index (χ3n) is 2.39. The molecule has 0 spiro atoms. The SMILES string of the molecule is COc1cc(C)nc(NC(=O)c2ccc(C#N)cn2)n1.